The Kier molecular flexibility index (Phi) is 9.45. The standard InChI is InChI=1S/C28H27ClN4O4S2/c1-5-14-33-25(18(3)37-22-9-7-6-8-17(22)2)31-32-28(33)39-16-23(34)30-26-24(27(35)36-4)21(15-38-26)19-10-12-20(29)13-11-19/h5-13,15,18H,1,14,16H2,2-4H3,(H,30,34). The summed E-state index contributed by atoms with van der Waals surface area (Å²) < 4.78 is 13.0. The maximum Gasteiger partial charge on any atom is 0.341 e. The predicted octanol–water partition coefficient (Wildman–Crippen LogP) is 6.81. The van der Waals surface area contributed by atoms with Crippen molar-refractivity contribution in [3.8, 4) is 16.9 Å². The average Bonchev–Trinajstić information content (AvgIpc) is 3.53. The summed E-state index contributed by atoms with van der Waals surface area (Å²) in [4.78, 5) is 25.5. The predicted molar refractivity (Wildman–Crippen MR) is 156 cm³/mol. The summed E-state index contributed by atoms with van der Waals surface area (Å²) in [6.45, 7) is 8.17. The molecule has 39 heavy (non-hydrogen) atoms. The van der Waals surface area contributed by atoms with Gasteiger partial charge in [0.15, 0.2) is 17.1 Å². The van der Waals surface area contributed by atoms with Crippen molar-refractivity contribution in [2.24, 2.45) is 0 Å². The number of carbonyl (C=O) groups excluding carboxylic acids is 2. The van der Waals surface area contributed by atoms with Gasteiger partial charge >= 0.3 is 5.97 Å². The van der Waals surface area contributed by atoms with E-state index in [2.05, 4.69) is 22.1 Å². The van der Waals surface area contributed by atoms with Crippen LogP contribution in [-0.4, -0.2) is 39.5 Å². The summed E-state index contributed by atoms with van der Waals surface area (Å²) in [5, 5.41) is 14.8. The van der Waals surface area contributed by atoms with E-state index in [9.17, 15) is 9.59 Å². The number of esters is 1. The number of methoxy groups -OCH3 is 1. The fourth-order valence-corrected chi connectivity index (χ4v) is 5.68. The van der Waals surface area contributed by atoms with Crippen LogP contribution in [0, 0.1) is 6.92 Å². The number of ether oxygens (including phenoxy) is 2. The fraction of sp³-hybridized carbons (Fsp3) is 0.214. The van der Waals surface area contributed by atoms with Gasteiger partial charge in [0.2, 0.25) is 5.91 Å². The largest absolute Gasteiger partial charge is 0.482 e. The number of hydrogen-bond donors (Lipinski definition) is 1. The van der Waals surface area contributed by atoms with Crippen molar-refractivity contribution in [3.05, 3.63) is 88.5 Å². The first-order valence-corrected chi connectivity index (χ1v) is 14.2. The summed E-state index contributed by atoms with van der Waals surface area (Å²) in [5.41, 5.74) is 2.76. The third kappa shape index (κ3) is 6.70. The topological polar surface area (TPSA) is 95.3 Å². The Bertz CT molecular complexity index is 1480. The van der Waals surface area contributed by atoms with Crippen molar-refractivity contribution in [2.45, 2.75) is 31.7 Å². The number of benzene rings is 2. The zero-order valence-electron chi connectivity index (χ0n) is 21.6. The van der Waals surface area contributed by atoms with Gasteiger partial charge in [-0.15, -0.1) is 28.1 Å². The van der Waals surface area contributed by atoms with E-state index >= 15 is 0 Å². The Labute approximate surface area is 240 Å². The summed E-state index contributed by atoms with van der Waals surface area (Å²) in [6, 6.07) is 14.9. The summed E-state index contributed by atoms with van der Waals surface area (Å²) >= 11 is 8.49. The number of nitrogens with zero attached hydrogens (tertiary/aromatic N) is 3. The fourth-order valence-electron chi connectivity index (χ4n) is 3.83. The molecule has 0 aliphatic heterocycles. The molecule has 11 heteroatoms. The molecule has 0 aliphatic carbocycles. The molecule has 0 spiro atoms. The molecule has 0 saturated carbocycles. The molecular formula is C28H27ClN4O4S2. The highest BCUT2D eigenvalue weighted by atomic mass is 35.5. The third-order valence-corrected chi connectivity index (χ3v) is 7.85. The molecule has 1 unspecified atom stereocenters. The van der Waals surface area contributed by atoms with E-state index in [0.29, 0.717) is 38.7 Å². The molecule has 1 amide bonds. The number of anilines is 1. The summed E-state index contributed by atoms with van der Waals surface area (Å²) in [7, 11) is 1.31. The summed E-state index contributed by atoms with van der Waals surface area (Å²) in [5.74, 6) is 0.606. The van der Waals surface area contributed by atoms with Crippen LogP contribution in [0.25, 0.3) is 11.1 Å². The van der Waals surface area contributed by atoms with E-state index in [-0.39, 0.29) is 17.8 Å². The van der Waals surface area contributed by atoms with Crippen LogP contribution in [0.4, 0.5) is 5.00 Å². The lowest BCUT2D eigenvalue weighted by atomic mass is 10.0. The Morgan fingerprint density at radius 2 is 1.95 bits per heavy atom. The Morgan fingerprint density at radius 1 is 1.21 bits per heavy atom. The molecule has 8 nitrogen and oxygen atoms in total. The van der Waals surface area contributed by atoms with Gasteiger partial charge in [-0.2, -0.15) is 0 Å². The SMILES string of the molecule is C=CCn1c(SCC(=O)Nc2scc(-c3ccc(Cl)cc3)c2C(=O)OC)nnc1C(C)Oc1ccccc1C. The number of halogens is 1. The number of thiophene rings is 1. The molecule has 1 atom stereocenters. The molecule has 1 N–H and O–H groups in total. The maximum absolute atomic E-state index is 12.9. The molecule has 2 heterocycles. The van der Waals surface area contributed by atoms with Crippen molar-refractivity contribution in [2.75, 3.05) is 18.2 Å². The monoisotopic (exact) mass is 582 g/mol. The van der Waals surface area contributed by atoms with Crippen molar-refractivity contribution in [3.63, 3.8) is 0 Å². The van der Waals surface area contributed by atoms with Gasteiger partial charge in [0, 0.05) is 22.5 Å². The molecule has 2 aromatic carbocycles. The van der Waals surface area contributed by atoms with E-state index in [4.69, 9.17) is 21.1 Å². The average molecular weight is 583 g/mol. The maximum atomic E-state index is 12.9. The van der Waals surface area contributed by atoms with Gasteiger partial charge in [-0.05, 0) is 43.2 Å². The van der Waals surface area contributed by atoms with Gasteiger partial charge in [-0.3, -0.25) is 9.36 Å². The number of aryl methyl sites for hydroxylation is 1. The van der Waals surface area contributed by atoms with Gasteiger partial charge in [-0.1, -0.05) is 59.8 Å². The Balaban J connectivity index is 1.48. The van der Waals surface area contributed by atoms with Crippen LogP contribution in [-0.2, 0) is 16.1 Å². The number of carbonyl (C=O) groups is 2. The zero-order chi connectivity index (χ0) is 27.9. The van der Waals surface area contributed by atoms with Gasteiger partial charge in [0.1, 0.15) is 16.3 Å². The number of amides is 1. The highest BCUT2D eigenvalue weighted by Gasteiger charge is 2.24. The van der Waals surface area contributed by atoms with Gasteiger partial charge in [0.05, 0.1) is 12.9 Å². The smallest absolute Gasteiger partial charge is 0.341 e. The molecule has 0 aliphatic rings. The molecule has 4 aromatic rings. The molecule has 0 saturated heterocycles. The molecule has 0 fully saturated rings. The van der Waals surface area contributed by atoms with Crippen molar-refractivity contribution in [1.29, 1.82) is 0 Å². The van der Waals surface area contributed by atoms with Crippen LogP contribution in [0.3, 0.4) is 0 Å². The van der Waals surface area contributed by atoms with E-state index < -0.39 is 5.97 Å². The molecule has 0 bridgehead atoms. The quantitative estimate of drug-likeness (QED) is 0.118. The van der Waals surface area contributed by atoms with E-state index in [1.165, 1.54) is 30.2 Å². The minimum absolute atomic E-state index is 0.0527. The van der Waals surface area contributed by atoms with Crippen LogP contribution in [0.1, 0.15) is 34.8 Å². The minimum Gasteiger partial charge on any atom is -0.482 e. The zero-order valence-corrected chi connectivity index (χ0v) is 24.0. The van der Waals surface area contributed by atoms with Crippen LogP contribution >= 0.6 is 34.7 Å². The van der Waals surface area contributed by atoms with Crippen LogP contribution in [0.5, 0.6) is 5.75 Å². The van der Waals surface area contributed by atoms with E-state index in [1.54, 1.807) is 23.6 Å². The van der Waals surface area contributed by atoms with E-state index in [1.807, 2.05) is 54.8 Å². The van der Waals surface area contributed by atoms with Gasteiger partial charge < -0.3 is 14.8 Å². The van der Waals surface area contributed by atoms with Crippen molar-refractivity contribution in [1.82, 2.24) is 14.8 Å². The lowest BCUT2D eigenvalue weighted by molar-refractivity contribution is -0.113. The van der Waals surface area contributed by atoms with Crippen LogP contribution in [0.2, 0.25) is 5.02 Å². The number of nitrogens with one attached hydrogen (secondary N) is 1. The summed E-state index contributed by atoms with van der Waals surface area (Å²) in [6.07, 6.45) is 1.37. The second kappa shape index (κ2) is 13.0. The number of aromatic nitrogens is 3. The molecular weight excluding hydrogens is 556 g/mol. The number of hydrogen-bond acceptors (Lipinski definition) is 8. The highest BCUT2D eigenvalue weighted by Crippen LogP contribution is 2.37. The normalized spacial score (nSPS) is 11.6. The third-order valence-electron chi connectivity index (χ3n) is 5.74. The first-order chi connectivity index (χ1) is 18.8. The number of thioether (sulfide) groups is 1. The number of rotatable bonds is 11. The van der Waals surface area contributed by atoms with Crippen LogP contribution < -0.4 is 10.1 Å². The van der Waals surface area contributed by atoms with E-state index in [0.717, 1.165) is 16.9 Å². The highest BCUT2D eigenvalue weighted by molar-refractivity contribution is 7.99. The lowest BCUT2D eigenvalue weighted by Gasteiger charge is -2.17. The van der Waals surface area contributed by atoms with Crippen molar-refractivity contribution >= 4 is 51.6 Å². The molecule has 202 valence electrons. The van der Waals surface area contributed by atoms with Gasteiger partial charge in [-0.25, -0.2) is 4.79 Å². The Hall–Kier alpha value is -3.60. The second-order valence-electron chi connectivity index (χ2n) is 8.45. The first-order valence-electron chi connectivity index (χ1n) is 12.0. The first kappa shape index (κ1) is 28.4. The Morgan fingerprint density at radius 3 is 2.64 bits per heavy atom. The lowest BCUT2D eigenvalue weighted by Crippen LogP contribution is -2.17. The minimum atomic E-state index is -0.540. The van der Waals surface area contributed by atoms with Crippen LogP contribution in [0.15, 0.2) is 71.7 Å². The number of para-hydroxylation sites is 1. The van der Waals surface area contributed by atoms with Gasteiger partial charge in [0.25, 0.3) is 0 Å². The molecule has 2 aromatic heterocycles. The van der Waals surface area contributed by atoms with Crippen molar-refractivity contribution < 1.29 is 19.1 Å². The molecule has 0 radical (unpaired) electrons. The second-order valence-corrected chi connectivity index (χ2v) is 10.7. The number of allylic oxidation sites excluding steroid dienone is 1. The molecule has 4 rings (SSSR count).